The smallest absolute Gasteiger partial charge is 0.491 e. The van der Waals surface area contributed by atoms with Crippen molar-refractivity contribution < 1.29 is 19.0 Å². The zero-order valence-corrected chi connectivity index (χ0v) is 17.8. The minimum atomic E-state index is -0.756. The van der Waals surface area contributed by atoms with Crippen molar-refractivity contribution in [3.63, 3.8) is 0 Å². The van der Waals surface area contributed by atoms with Gasteiger partial charge in [-0.3, -0.25) is 0 Å². The molecule has 0 aliphatic carbocycles. The van der Waals surface area contributed by atoms with Crippen molar-refractivity contribution in [2.24, 2.45) is 5.92 Å². The highest BCUT2D eigenvalue weighted by atomic mass is 16.7. The van der Waals surface area contributed by atoms with Crippen LogP contribution in [0.15, 0.2) is 54.6 Å². The Morgan fingerprint density at radius 1 is 1.14 bits per heavy atom. The van der Waals surface area contributed by atoms with Crippen molar-refractivity contribution in [1.29, 1.82) is 0 Å². The van der Waals surface area contributed by atoms with Gasteiger partial charge in [0.05, 0.1) is 6.10 Å². The molecule has 2 atom stereocenters. The van der Waals surface area contributed by atoms with Gasteiger partial charge >= 0.3 is 6.16 Å². The normalized spacial score (nSPS) is 22.3. The maximum Gasteiger partial charge on any atom is 0.514 e. The number of nitrogens with zero attached hydrogens (tertiary/aromatic N) is 1. The molecule has 29 heavy (non-hydrogen) atoms. The third-order valence-corrected chi connectivity index (χ3v) is 5.48. The molecular weight excluding hydrogens is 366 g/mol. The van der Waals surface area contributed by atoms with Gasteiger partial charge < -0.3 is 19.1 Å². The number of piperidine rings is 1. The van der Waals surface area contributed by atoms with Crippen LogP contribution in [0.5, 0.6) is 11.5 Å². The fourth-order valence-corrected chi connectivity index (χ4v) is 3.98. The highest BCUT2D eigenvalue weighted by Gasteiger charge is 2.46. The van der Waals surface area contributed by atoms with Gasteiger partial charge in [0.15, 0.2) is 0 Å². The Morgan fingerprint density at radius 2 is 1.86 bits per heavy atom. The van der Waals surface area contributed by atoms with Crippen LogP contribution in [0.1, 0.15) is 39.7 Å². The first-order chi connectivity index (χ1) is 13.9. The van der Waals surface area contributed by atoms with Crippen LogP contribution in [0.2, 0.25) is 0 Å². The number of benzene rings is 2. The van der Waals surface area contributed by atoms with Gasteiger partial charge in [0.25, 0.3) is 0 Å². The molecule has 1 heterocycles. The number of likely N-dealkylation sites (tertiary alicyclic amines) is 1. The summed E-state index contributed by atoms with van der Waals surface area (Å²) >= 11 is 0. The summed E-state index contributed by atoms with van der Waals surface area (Å²) in [5, 5.41) is 0. The first-order valence-corrected chi connectivity index (χ1v) is 10.4. The Morgan fingerprint density at radius 3 is 2.52 bits per heavy atom. The number of carbonyl (C=O) groups excluding carboxylic acids is 1. The molecule has 2 aromatic carbocycles. The third-order valence-electron chi connectivity index (χ3n) is 5.48. The van der Waals surface area contributed by atoms with E-state index in [9.17, 15) is 4.79 Å². The first kappa shape index (κ1) is 21.2. The second-order valence-corrected chi connectivity index (χ2v) is 7.90. The fourth-order valence-electron chi connectivity index (χ4n) is 3.98. The number of hydrogen-bond donors (Lipinski definition) is 0. The predicted octanol–water partition coefficient (Wildman–Crippen LogP) is 5.25. The minimum absolute atomic E-state index is 0.0736. The van der Waals surface area contributed by atoms with Crippen LogP contribution < -0.4 is 9.47 Å². The summed E-state index contributed by atoms with van der Waals surface area (Å²) in [6.07, 6.45) is 0.101. The van der Waals surface area contributed by atoms with Gasteiger partial charge in [-0.25, -0.2) is 4.79 Å². The van der Waals surface area contributed by atoms with Crippen molar-refractivity contribution in [3.8, 4) is 11.5 Å². The maximum absolute atomic E-state index is 12.7. The van der Waals surface area contributed by atoms with E-state index >= 15 is 0 Å². The van der Waals surface area contributed by atoms with Crippen LogP contribution in [0.3, 0.4) is 0 Å². The zero-order valence-electron chi connectivity index (χ0n) is 17.8. The molecule has 2 unspecified atom stereocenters. The zero-order chi connectivity index (χ0) is 20.9. The molecule has 0 bridgehead atoms. The van der Waals surface area contributed by atoms with Crippen LogP contribution in [0, 0.1) is 5.92 Å². The van der Waals surface area contributed by atoms with Crippen molar-refractivity contribution in [2.75, 3.05) is 19.6 Å². The van der Waals surface area contributed by atoms with E-state index in [1.807, 2.05) is 56.3 Å². The Balaban J connectivity index is 1.89. The number of carbonyl (C=O) groups is 1. The molecule has 5 nitrogen and oxygen atoms in total. The van der Waals surface area contributed by atoms with E-state index in [1.165, 1.54) is 0 Å². The molecule has 0 N–H and O–H groups in total. The summed E-state index contributed by atoms with van der Waals surface area (Å²) in [5.74, 6) is 1.36. The van der Waals surface area contributed by atoms with Crippen molar-refractivity contribution in [3.05, 3.63) is 60.2 Å². The van der Waals surface area contributed by atoms with E-state index in [1.54, 1.807) is 12.1 Å². The average Bonchev–Trinajstić information content (AvgIpc) is 2.70. The predicted molar refractivity (Wildman–Crippen MR) is 113 cm³/mol. The lowest BCUT2D eigenvalue weighted by Crippen LogP contribution is -2.51. The largest absolute Gasteiger partial charge is 0.514 e. The van der Waals surface area contributed by atoms with E-state index in [-0.39, 0.29) is 12.0 Å². The lowest BCUT2D eigenvalue weighted by Gasteiger charge is -2.45. The standard InChI is InChI=1S/C24H31NO4/c1-5-25-15-14-24(19(4)17-25,20-10-9-13-22(16-20)27-18(2)3)29-23(26)28-21-11-7-6-8-12-21/h6-13,16,18-19H,5,14-15,17H2,1-4H3. The molecule has 1 fully saturated rings. The molecule has 0 radical (unpaired) electrons. The monoisotopic (exact) mass is 397 g/mol. The highest BCUT2D eigenvalue weighted by Crippen LogP contribution is 2.42. The Kier molecular flexibility index (Phi) is 6.80. The minimum Gasteiger partial charge on any atom is -0.491 e. The van der Waals surface area contributed by atoms with Gasteiger partial charge in [0.1, 0.15) is 17.1 Å². The summed E-state index contributed by atoms with van der Waals surface area (Å²) in [6.45, 7) is 11.0. The highest BCUT2D eigenvalue weighted by molar-refractivity contribution is 5.65. The summed E-state index contributed by atoms with van der Waals surface area (Å²) in [7, 11) is 0. The van der Waals surface area contributed by atoms with Gasteiger partial charge in [0, 0.05) is 25.4 Å². The lowest BCUT2D eigenvalue weighted by molar-refractivity contribution is -0.0922. The average molecular weight is 398 g/mol. The molecule has 0 spiro atoms. The number of ether oxygens (including phenoxy) is 3. The van der Waals surface area contributed by atoms with Crippen LogP contribution in [0.25, 0.3) is 0 Å². The van der Waals surface area contributed by atoms with Gasteiger partial charge in [-0.05, 0) is 50.2 Å². The molecule has 0 amide bonds. The van der Waals surface area contributed by atoms with Crippen LogP contribution in [0.4, 0.5) is 4.79 Å². The topological polar surface area (TPSA) is 48.0 Å². The summed E-state index contributed by atoms with van der Waals surface area (Å²) < 4.78 is 17.4. The van der Waals surface area contributed by atoms with E-state index in [4.69, 9.17) is 14.2 Å². The van der Waals surface area contributed by atoms with Gasteiger partial charge in [-0.2, -0.15) is 0 Å². The molecular formula is C24H31NO4. The van der Waals surface area contributed by atoms with Crippen LogP contribution in [-0.2, 0) is 10.3 Å². The van der Waals surface area contributed by atoms with E-state index in [2.05, 4.69) is 18.7 Å². The Hall–Kier alpha value is -2.53. The van der Waals surface area contributed by atoms with Gasteiger partial charge in [0.2, 0.25) is 0 Å². The second-order valence-electron chi connectivity index (χ2n) is 7.90. The van der Waals surface area contributed by atoms with Crippen LogP contribution >= 0.6 is 0 Å². The first-order valence-electron chi connectivity index (χ1n) is 10.4. The molecule has 1 saturated heterocycles. The van der Waals surface area contributed by atoms with E-state index in [0.717, 1.165) is 30.9 Å². The summed E-state index contributed by atoms with van der Waals surface area (Å²) in [5.41, 5.74) is 0.192. The Bertz CT molecular complexity index is 808. The molecule has 5 heteroatoms. The Labute approximate surface area is 173 Å². The van der Waals surface area contributed by atoms with Gasteiger partial charge in [-0.15, -0.1) is 0 Å². The molecule has 156 valence electrons. The van der Waals surface area contributed by atoms with E-state index < -0.39 is 11.8 Å². The molecule has 3 rings (SSSR count). The molecule has 0 aromatic heterocycles. The lowest BCUT2D eigenvalue weighted by atomic mass is 9.76. The maximum atomic E-state index is 12.7. The van der Waals surface area contributed by atoms with Crippen molar-refractivity contribution >= 4 is 6.16 Å². The SMILES string of the molecule is CCN1CCC(OC(=O)Oc2ccccc2)(c2cccc(OC(C)C)c2)C(C)C1. The van der Waals surface area contributed by atoms with E-state index in [0.29, 0.717) is 12.2 Å². The second kappa shape index (κ2) is 9.31. The number of para-hydroxylation sites is 1. The number of rotatable bonds is 6. The fraction of sp³-hybridized carbons (Fsp3) is 0.458. The number of hydrogen-bond acceptors (Lipinski definition) is 5. The molecule has 1 aliphatic rings. The third kappa shape index (κ3) is 5.10. The van der Waals surface area contributed by atoms with Gasteiger partial charge in [-0.1, -0.05) is 44.2 Å². The molecule has 2 aromatic rings. The molecule has 1 aliphatic heterocycles. The quantitative estimate of drug-likeness (QED) is 0.492. The van der Waals surface area contributed by atoms with Crippen molar-refractivity contribution in [1.82, 2.24) is 4.90 Å². The van der Waals surface area contributed by atoms with Crippen molar-refractivity contribution in [2.45, 2.75) is 45.8 Å². The van der Waals surface area contributed by atoms with Crippen LogP contribution in [-0.4, -0.2) is 36.8 Å². The summed E-state index contributed by atoms with van der Waals surface area (Å²) in [6, 6.07) is 16.9. The summed E-state index contributed by atoms with van der Waals surface area (Å²) in [4.78, 5) is 15.1. The molecule has 0 saturated carbocycles.